The molecule has 2 aliphatic rings. The number of ether oxygens (including phenoxy) is 1. The first kappa shape index (κ1) is 20.4. The molecule has 1 aliphatic carbocycles. The molecule has 3 rings (SSSR count). The Kier molecular flexibility index (Phi) is 6.42. The third kappa shape index (κ3) is 5.14. The Morgan fingerprint density at radius 1 is 1.32 bits per heavy atom. The first-order valence-electron chi connectivity index (χ1n) is 10.4. The van der Waals surface area contributed by atoms with Crippen molar-refractivity contribution >= 4 is 17.5 Å². The molecule has 0 aromatic carbocycles. The summed E-state index contributed by atoms with van der Waals surface area (Å²) >= 11 is 0. The van der Waals surface area contributed by atoms with Gasteiger partial charge in [-0.15, -0.1) is 0 Å². The highest BCUT2D eigenvalue weighted by Gasteiger charge is 2.28. The molecule has 3 N–H and O–H groups in total. The Morgan fingerprint density at radius 3 is 2.64 bits per heavy atom. The van der Waals surface area contributed by atoms with E-state index < -0.39 is 17.9 Å². The van der Waals surface area contributed by atoms with Gasteiger partial charge in [0.25, 0.3) is 5.91 Å². The largest absolute Gasteiger partial charge is 0.476 e. The molecule has 28 heavy (non-hydrogen) atoms. The number of nitrogens with zero attached hydrogens (tertiary/aromatic N) is 2. The third-order valence-corrected chi connectivity index (χ3v) is 5.44. The minimum Gasteiger partial charge on any atom is -0.476 e. The Hall–Kier alpha value is -2.31. The molecule has 1 saturated carbocycles. The van der Waals surface area contributed by atoms with E-state index in [9.17, 15) is 9.59 Å². The van der Waals surface area contributed by atoms with Gasteiger partial charge in [0.1, 0.15) is 17.4 Å². The summed E-state index contributed by atoms with van der Waals surface area (Å²) in [6, 6.07) is 3.33. The number of carbonyl (C=O) groups is 2. The second-order valence-corrected chi connectivity index (χ2v) is 8.52. The molecular formula is C21H32N4O3. The van der Waals surface area contributed by atoms with Crippen molar-refractivity contribution in [3.8, 4) is 5.88 Å². The molecule has 2 fully saturated rings. The standard InChI is InChI=1S/C21H32N4O3/c1-13(2)11-17(19(22)26)23-20(27)16-8-9-18(25-10-4-5-14(25)3)21(24-16)28-12-15-6-7-15/h8-9,13-15,17H,4-7,10-12H2,1-3H3,(H2,22,26)(H,23,27)/t14?,17-/m0/s1. The maximum atomic E-state index is 12.7. The zero-order chi connectivity index (χ0) is 20.3. The summed E-state index contributed by atoms with van der Waals surface area (Å²) in [6.07, 6.45) is 5.15. The van der Waals surface area contributed by atoms with E-state index in [1.54, 1.807) is 6.07 Å². The van der Waals surface area contributed by atoms with Gasteiger partial charge in [0.15, 0.2) is 0 Å². The van der Waals surface area contributed by atoms with E-state index in [4.69, 9.17) is 10.5 Å². The van der Waals surface area contributed by atoms with Crippen molar-refractivity contribution in [1.82, 2.24) is 10.3 Å². The van der Waals surface area contributed by atoms with Gasteiger partial charge in [0.2, 0.25) is 11.8 Å². The number of nitrogens with two attached hydrogens (primary N) is 1. The van der Waals surface area contributed by atoms with Gasteiger partial charge in [-0.25, -0.2) is 4.98 Å². The second kappa shape index (κ2) is 8.80. The molecule has 0 bridgehead atoms. The van der Waals surface area contributed by atoms with Crippen LogP contribution in [0.1, 0.15) is 63.4 Å². The monoisotopic (exact) mass is 388 g/mol. The van der Waals surface area contributed by atoms with E-state index in [0.29, 0.717) is 30.9 Å². The fourth-order valence-electron chi connectivity index (χ4n) is 3.61. The summed E-state index contributed by atoms with van der Waals surface area (Å²) in [7, 11) is 0. The minimum atomic E-state index is -0.705. The predicted molar refractivity (Wildman–Crippen MR) is 108 cm³/mol. The molecule has 2 amide bonds. The van der Waals surface area contributed by atoms with Gasteiger partial charge in [-0.05, 0) is 63.0 Å². The Balaban J connectivity index is 1.79. The highest BCUT2D eigenvalue weighted by molar-refractivity contribution is 5.96. The van der Waals surface area contributed by atoms with Crippen LogP contribution in [0.3, 0.4) is 0 Å². The normalized spacial score (nSPS) is 20.3. The van der Waals surface area contributed by atoms with E-state index in [1.807, 2.05) is 19.9 Å². The van der Waals surface area contributed by atoms with Crippen LogP contribution >= 0.6 is 0 Å². The van der Waals surface area contributed by atoms with Crippen LogP contribution in [0.15, 0.2) is 12.1 Å². The van der Waals surface area contributed by atoms with E-state index in [2.05, 4.69) is 22.1 Å². The van der Waals surface area contributed by atoms with Crippen molar-refractivity contribution < 1.29 is 14.3 Å². The van der Waals surface area contributed by atoms with Crippen LogP contribution in [0.4, 0.5) is 5.69 Å². The van der Waals surface area contributed by atoms with E-state index >= 15 is 0 Å². The third-order valence-electron chi connectivity index (χ3n) is 5.44. The Labute approximate surface area is 167 Å². The van der Waals surface area contributed by atoms with E-state index in [0.717, 1.165) is 25.1 Å². The average Bonchev–Trinajstić information content (AvgIpc) is 3.38. The molecule has 1 unspecified atom stereocenters. The highest BCUT2D eigenvalue weighted by atomic mass is 16.5. The zero-order valence-corrected chi connectivity index (χ0v) is 17.1. The van der Waals surface area contributed by atoms with Gasteiger partial charge in [-0.1, -0.05) is 13.8 Å². The number of nitrogens with one attached hydrogen (secondary N) is 1. The summed E-state index contributed by atoms with van der Waals surface area (Å²) in [6.45, 7) is 7.75. The zero-order valence-electron chi connectivity index (χ0n) is 17.1. The van der Waals surface area contributed by atoms with E-state index in [1.165, 1.54) is 12.8 Å². The number of pyridine rings is 1. The van der Waals surface area contributed by atoms with Gasteiger partial charge in [-0.2, -0.15) is 0 Å². The number of rotatable bonds is 9. The SMILES string of the molecule is CC(C)C[C@H](NC(=O)c1ccc(N2CCCC2C)c(OCC2CC2)n1)C(N)=O. The van der Waals surface area contributed by atoms with Crippen molar-refractivity contribution in [2.45, 2.75) is 65.0 Å². The first-order chi connectivity index (χ1) is 13.3. The molecule has 1 aromatic heterocycles. The smallest absolute Gasteiger partial charge is 0.270 e. The molecular weight excluding hydrogens is 356 g/mol. The lowest BCUT2D eigenvalue weighted by molar-refractivity contribution is -0.120. The molecule has 7 nitrogen and oxygen atoms in total. The number of anilines is 1. The summed E-state index contributed by atoms with van der Waals surface area (Å²) < 4.78 is 6.01. The van der Waals surface area contributed by atoms with Crippen molar-refractivity contribution in [2.24, 2.45) is 17.6 Å². The van der Waals surface area contributed by atoms with Crippen molar-refractivity contribution in [2.75, 3.05) is 18.1 Å². The lowest BCUT2D eigenvalue weighted by Gasteiger charge is -2.26. The summed E-state index contributed by atoms with van der Waals surface area (Å²) in [4.78, 5) is 31.2. The molecule has 154 valence electrons. The topological polar surface area (TPSA) is 97.6 Å². The van der Waals surface area contributed by atoms with Gasteiger partial charge < -0.3 is 20.7 Å². The maximum absolute atomic E-state index is 12.7. The molecule has 1 saturated heterocycles. The van der Waals surface area contributed by atoms with Crippen LogP contribution in [0.25, 0.3) is 0 Å². The summed E-state index contributed by atoms with van der Waals surface area (Å²) in [5, 5.41) is 2.72. The fraction of sp³-hybridized carbons (Fsp3) is 0.667. The second-order valence-electron chi connectivity index (χ2n) is 8.52. The van der Waals surface area contributed by atoms with Crippen molar-refractivity contribution in [3.63, 3.8) is 0 Å². The molecule has 1 aromatic rings. The van der Waals surface area contributed by atoms with Crippen molar-refractivity contribution in [3.05, 3.63) is 17.8 Å². The fourth-order valence-corrected chi connectivity index (χ4v) is 3.61. The lowest BCUT2D eigenvalue weighted by Crippen LogP contribution is -2.45. The number of hydrogen-bond acceptors (Lipinski definition) is 5. The molecule has 0 spiro atoms. The predicted octanol–water partition coefficient (Wildman–Crippen LogP) is 2.49. The molecule has 0 radical (unpaired) electrons. The first-order valence-corrected chi connectivity index (χ1v) is 10.4. The molecule has 1 aliphatic heterocycles. The Morgan fingerprint density at radius 2 is 2.07 bits per heavy atom. The van der Waals surface area contributed by atoms with E-state index in [-0.39, 0.29) is 11.6 Å². The van der Waals surface area contributed by atoms with Crippen LogP contribution in [0, 0.1) is 11.8 Å². The number of amides is 2. The summed E-state index contributed by atoms with van der Waals surface area (Å²) in [5.74, 6) is 0.403. The van der Waals surface area contributed by atoms with Crippen LogP contribution in [-0.4, -0.2) is 42.0 Å². The van der Waals surface area contributed by atoms with Crippen LogP contribution in [-0.2, 0) is 4.79 Å². The quantitative estimate of drug-likeness (QED) is 0.677. The van der Waals surface area contributed by atoms with Crippen LogP contribution in [0.5, 0.6) is 5.88 Å². The average molecular weight is 389 g/mol. The molecule has 2 heterocycles. The maximum Gasteiger partial charge on any atom is 0.270 e. The van der Waals surface area contributed by atoms with Crippen molar-refractivity contribution in [1.29, 1.82) is 0 Å². The number of hydrogen-bond donors (Lipinski definition) is 2. The minimum absolute atomic E-state index is 0.238. The number of aromatic nitrogens is 1. The molecule has 7 heteroatoms. The van der Waals surface area contributed by atoms with Gasteiger partial charge in [-0.3, -0.25) is 9.59 Å². The van der Waals surface area contributed by atoms with Gasteiger partial charge in [0, 0.05) is 12.6 Å². The van der Waals surface area contributed by atoms with Crippen LogP contribution < -0.4 is 20.7 Å². The Bertz CT molecular complexity index is 718. The lowest BCUT2D eigenvalue weighted by atomic mass is 10.0. The molecule has 2 atom stereocenters. The number of carbonyl (C=O) groups excluding carboxylic acids is 2. The number of primary amides is 1. The summed E-state index contributed by atoms with van der Waals surface area (Å²) in [5.41, 5.74) is 6.63. The van der Waals surface area contributed by atoms with Crippen LogP contribution in [0.2, 0.25) is 0 Å². The highest BCUT2D eigenvalue weighted by Crippen LogP contribution is 2.35. The van der Waals surface area contributed by atoms with Gasteiger partial charge >= 0.3 is 0 Å². The van der Waals surface area contributed by atoms with Gasteiger partial charge in [0.05, 0.1) is 6.61 Å².